The Morgan fingerprint density at radius 3 is 2.62 bits per heavy atom. The van der Waals surface area contributed by atoms with E-state index in [4.69, 9.17) is 9.72 Å². The van der Waals surface area contributed by atoms with E-state index in [1.807, 2.05) is 30.3 Å². The van der Waals surface area contributed by atoms with Gasteiger partial charge < -0.3 is 14.6 Å². The van der Waals surface area contributed by atoms with Gasteiger partial charge in [0.05, 0.1) is 30.4 Å². The average Bonchev–Trinajstić information content (AvgIpc) is 3.11. The molecule has 3 aromatic rings. The van der Waals surface area contributed by atoms with E-state index in [1.165, 1.54) is 5.52 Å². The van der Waals surface area contributed by atoms with Gasteiger partial charge in [-0.25, -0.2) is 4.98 Å². The monoisotopic (exact) mass is 392 g/mol. The summed E-state index contributed by atoms with van der Waals surface area (Å²) >= 11 is 0. The predicted molar refractivity (Wildman–Crippen MR) is 115 cm³/mol. The third-order valence-corrected chi connectivity index (χ3v) is 5.74. The maximum absolute atomic E-state index is 12.7. The van der Waals surface area contributed by atoms with Crippen LogP contribution in [0.3, 0.4) is 0 Å². The number of nitrogens with one attached hydrogen (secondary N) is 1. The Bertz CT molecular complexity index is 989. The molecule has 6 nitrogen and oxygen atoms in total. The molecule has 6 heteroatoms. The summed E-state index contributed by atoms with van der Waals surface area (Å²) in [5.41, 5.74) is 2.98. The number of para-hydroxylation sites is 4. The van der Waals surface area contributed by atoms with E-state index in [1.54, 1.807) is 7.11 Å². The van der Waals surface area contributed by atoms with E-state index < -0.39 is 0 Å². The zero-order valence-corrected chi connectivity index (χ0v) is 17.1. The Kier molecular flexibility index (Phi) is 5.81. The summed E-state index contributed by atoms with van der Waals surface area (Å²) in [6.45, 7) is 5.69. The van der Waals surface area contributed by atoms with Gasteiger partial charge in [-0.15, -0.1) is 0 Å². The Hall–Kier alpha value is -2.86. The van der Waals surface area contributed by atoms with Crippen molar-refractivity contribution in [2.75, 3.05) is 25.5 Å². The standard InChI is InChI=1S/C23H28N4O2/c1-3-27-20-10-6-4-8-18(20)24-22(27)16-26-14-12-17(13-15-26)23(28)25-19-9-5-7-11-21(19)29-2/h4-11,17H,3,12-16H2,1-2H3,(H,25,28). The lowest BCUT2D eigenvalue weighted by atomic mass is 9.95. The second-order valence-electron chi connectivity index (χ2n) is 7.50. The summed E-state index contributed by atoms with van der Waals surface area (Å²) in [4.78, 5) is 20.0. The number of nitrogens with zero attached hydrogens (tertiary/aromatic N) is 3. The molecule has 1 saturated heterocycles. The van der Waals surface area contributed by atoms with Gasteiger partial charge in [0.1, 0.15) is 11.6 Å². The Morgan fingerprint density at radius 2 is 1.86 bits per heavy atom. The third kappa shape index (κ3) is 4.12. The van der Waals surface area contributed by atoms with Gasteiger partial charge in [-0.2, -0.15) is 0 Å². The quantitative estimate of drug-likeness (QED) is 0.691. The SMILES string of the molecule is CCn1c(CN2CCC(C(=O)Nc3ccccc3OC)CC2)nc2ccccc21. The largest absolute Gasteiger partial charge is 0.495 e. The number of aromatic nitrogens is 2. The molecule has 1 N–H and O–H groups in total. The highest BCUT2D eigenvalue weighted by atomic mass is 16.5. The van der Waals surface area contributed by atoms with Crippen molar-refractivity contribution in [2.24, 2.45) is 5.92 Å². The van der Waals surface area contributed by atoms with Crippen LogP contribution in [0.5, 0.6) is 5.75 Å². The molecule has 0 aliphatic carbocycles. The number of fused-ring (bicyclic) bond motifs is 1. The molecule has 0 unspecified atom stereocenters. The molecule has 1 amide bonds. The van der Waals surface area contributed by atoms with E-state index >= 15 is 0 Å². The predicted octanol–water partition coefficient (Wildman–Crippen LogP) is 3.92. The number of imidazole rings is 1. The molecule has 1 aromatic heterocycles. The smallest absolute Gasteiger partial charge is 0.227 e. The zero-order valence-electron chi connectivity index (χ0n) is 17.1. The molecule has 2 aromatic carbocycles. The molecule has 2 heterocycles. The van der Waals surface area contributed by atoms with Crippen molar-refractivity contribution in [1.82, 2.24) is 14.5 Å². The van der Waals surface area contributed by atoms with Crippen LogP contribution in [0.15, 0.2) is 48.5 Å². The van der Waals surface area contributed by atoms with Crippen molar-refractivity contribution in [3.8, 4) is 5.75 Å². The van der Waals surface area contributed by atoms with Crippen LogP contribution in [-0.2, 0) is 17.9 Å². The number of hydrogen-bond donors (Lipinski definition) is 1. The highest BCUT2D eigenvalue weighted by Gasteiger charge is 2.26. The van der Waals surface area contributed by atoms with Crippen LogP contribution in [0.4, 0.5) is 5.69 Å². The summed E-state index contributed by atoms with van der Waals surface area (Å²) in [5.74, 6) is 1.90. The maximum Gasteiger partial charge on any atom is 0.227 e. The minimum absolute atomic E-state index is 0.0288. The molecule has 0 radical (unpaired) electrons. The zero-order chi connectivity index (χ0) is 20.2. The number of hydrogen-bond acceptors (Lipinski definition) is 4. The van der Waals surface area contributed by atoms with Crippen LogP contribution in [0.2, 0.25) is 0 Å². The van der Waals surface area contributed by atoms with Gasteiger partial charge in [-0.05, 0) is 57.1 Å². The molecule has 152 valence electrons. The van der Waals surface area contributed by atoms with Crippen molar-refractivity contribution in [3.63, 3.8) is 0 Å². The van der Waals surface area contributed by atoms with Crippen LogP contribution >= 0.6 is 0 Å². The van der Waals surface area contributed by atoms with Gasteiger partial charge >= 0.3 is 0 Å². The second-order valence-corrected chi connectivity index (χ2v) is 7.50. The number of benzene rings is 2. The lowest BCUT2D eigenvalue weighted by Gasteiger charge is -2.31. The summed E-state index contributed by atoms with van der Waals surface area (Å²) in [5, 5.41) is 3.03. The van der Waals surface area contributed by atoms with Crippen LogP contribution < -0.4 is 10.1 Å². The molecule has 0 atom stereocenters. The number of rotatable bonds is 6. The fourth-order valence-corrected chi connectivity index (χ4v) is 4.13. The number of aryl methyl sites for hydroxylation is 1. The minimum Gasteiger partial charge on any atom is -0.495 e. The van der Waals surface area contributed by atoms with Gasteiger partial charge in [-0.1, -0.05) is 24.3 Å². The molecule has 1 aliphatic rings. The first-order chi connectivity index (χ1) is 14.2. The van der Waals surface area contributed by atoms with Crippen LogP contribution in [0.1, 0.15) is 25.6 Å². The third-order valence-electron chi connectivity index (χ3n) is 5.74. The fraction of sp³-hybridized carbons (Fsp3) is 0.391. The van der Waals surface area contributed by atoms with Gasteiger partial charge in [0, 0.05) is 12.5 Å². The number of piperidine rings is 1. The van der Waals surface area contributed by atoms with Crippen molar-refractivity contribution in [3.05, 3.63) is 54.4 Å². The van der Waals surface area contributed by atoms with E-state index in [9.17, 15) is 4.79 Å². The molecule has 0 spiro atoms. The number of likely N-dealkylation sites (tertiary alicyclic amines) is 1. The molecule has 4 rings (SSSR count). The van der Waals surface area contributed by atoms with E-state index in [-0.39, 0.29) is 11.8 Å². The first-order valence-electron chi connectivity index (χ1n) is 10.3. The Labute approximate surface area is 171 Å². The topological polar surface area (TPSA) is 59.4 Å². The number of amides is 1. The molecular weight excluding hydrogens is 364 g/mol. The summed E-state index contributed by atoms with van der Waals surface area (Å²) in [6, 6.07) is 15.8. The van der Waals surface area contributed by atoms with Crippen molar-refractivity contribution < 1.29 is 9.53 Å². The van der Waals surface area contributed by atoms with Crippen molar-refractivity contribution in [2.45, 2.75) is 32.9 Å². The second kappa shape index (κ2) is 8.66. The fourth-order valence-electron chi connectivity index (χ4n) is 4.13. The first-order valence-corrected chi connectivity index (χ1v) is 10.3. The van der Waals surface area contributed by atoms with E-state index in [0.717, 1.165) is 56.0 Å². The lowest BCUT2D eigenvalue weighted by molar-refractivity contribution is -0.121. The Balaban J connectivity index is 1.37. The number of methoxy groups -OCH3 is 1. The van der Waals surface area contributed by atoms with Crippen LogP contribution in [0, 0.1) is 5.92 Å². The molecule has 0 bridgehead atoms. The first kappa shape index (κ1) is 19.5. The maximum atomic E-state index is 12.7. The van der Waals surface area contributed by atoms with E-state index in [2.05, 4.69) is 39.9 Å². The number of anilines is 1. The molecule has 29 heavy (non-hydrogen) atoms. The van der Waals surface area contributed by atoms with Crippen molar-refractivity contribution in [1.29, 1.82) is 0 Å². The van der Waals surface area contributed by atoms with Crippen LogP contribution in [0.25, 0.3) is 11.0 Å². The van der Waals surface area contributed by atoms with Gasteiger partial charge in [-0.3, -0.25) is 9.69 Å². The number of carbonyl (C=O) groups is 1. The average molecular weight is 393 g/mol. The normalized spacial score (nSPS) is 15.5. The number of carbonyl (C=O) groups excluding carboxylic acids is 1. The minimum atomic E-state index is 0.0288. The van der Waals surface area contributed by atoms with Crippen molar-refractivity contribution >= 4 is 22.6 Å². The van der Waals surface area contributed by atoms with E-state index in [0.29, 0.717) is 5.75 Å². The molecular formula is C23H28N4O2. The van der Waals surface area contributed by atoms with Gasteiger partial charge in [0.25, 0.3) is 0 Å². The summed E-state index contributed by atoms with van der Waals surface area (Å²) in [7, 11) is 1.62. The lowest BCUT2D eigenvalue weighted by Crippen LogP contribution is -2.38. The number of ether oxygens (including phenoxy) is 1. The van der Waals surface area contributed by atoms with Gasteiger partial charge in [0.2, 0.25) is 5.91 Å². The molecule has 1 aliphatic heterocycles. The highest BCUT2D eigenvalue weighted by Crippen LogP contribution is 2.26. The van der Waals surface area contributed by atoms with Crippen LogP contribution in [-0.4, -0.2) is 40.6 Å². The van der Waals surface area contributed by atoms with Gasteiger partial charge in [0.15, 0.2) is 0 Å². The summed E-state index contributed by atoms with van der Waals surface area (Å²) in [6.07, 6.45) is 1.71. The molecule has 0 saturated carbocycles. The Morgan fingerprint density at radius 1 is 1.14 bits per heavy atom. The highest BCUT2D eigenvalue weighted by molar-refractivity contribution is 5.94. The summed E-state index contributed by atoms with van der Waals surface area (Å²) < 4.78 is 7.62. The molecule has 1 fully saturated rings.